The predicted octanol–water partition coefficient (Wildman–Crippen LogP) is 7.24. The molecule has 5 rings (SSSR count). The van der Waals surface area contributed by atoms with Crippen LogP contribution in [0.1, 0.15) is 27.8 Å². The minimum absolute atomic E-state index is 0.345. The van der Waals surface area contributed by atoms with Crippen LogP contribution < -0.4 is 4.90 Å². The smallest absolute Gasteiger partial charge is 0.382 e. The van der Waals surface area contributed by atoms with E-state index in [2.05, 4.69) is 55.5 Å². The molecule has 4 aromatic carbocycles. The quantitative estimate of drug-likeness (QED) is 0.301. The SMILES string of the molecule is Cc1cccc(-c2cccc(CC3(c4cccc(C)c4)CN(C[C@@H](O)C(F)(F)F)c4ccccc43)c2)c1. The summed E-state index contributed by atoms with van der Waals surface area (Å²) < 4.78 is 40.1. The maximum atomic E-state index is 13.4. The van der Waals surface area contributed by atoms with E-state index in [1.165, 1.54) is 5.56 Å². The molecule has 4 aromatic rings. The molecule has 37 heavy (non-hydrogen) atoms. The number of aliphatic hydroxyl groups is 1. The minimum atomic E-state index is -4.67. The molecule has 0 aromatic heterocycles. The van der Waals surface area contributed by atoms with Gasteiger partial charge >= 0.3 is 6.18 Å². The number of β-amino-alcohol motifs (C(OH)–C–C–N with tert-alkyl or cyclic N) is 1. The predicted molar refractivity (Wildman–Crippen MR) is 143 cm³/mol. The highest BCUT2D eigenvalue weighted by Gasteiger charge is 2.47. The molecule has 2 atom stereocenters. The minimum Gasteiger partial charge on any atom is -0.382 e. The molecule has 0 fully saturated rings. The Morgan fingerprint density at radius 1 is 0.811 bits per heavy atom. The van der Waals surface area contributed by atoms with Crippen molar-refractivity contribution < 1.29 is 18.3 Å². The third-order valence-electron chi connectivity index (χ3n) is 7.35. The lowest BCUT2D eigenvalue weighted by atomic mass is 9.71. The highest BCUT2D eigenvalue weighted by atomic mass is 19.4. The number of rotatable bonds is 6. The maximum absolute atomic E-state index is 13.4. The number of halogens is 3. The summed E-state index contributed by atoms with van der Waals surface area (Å²) >= 11 is 0. The van der Waals surface area contributed by atoms with Gasteiger partial charge in [-0.1, -0.05) is 102 Å². The summed E-state index contributed by atoms with van der Waals surface area (Å²) in [7, 11) is 0. The first-order valence-corrected chi connectivity index (χ1v) is 12.5. The summed E-state index contributed by atoms with van der Waals surface area (Å²) in [5, 5.41) is 9.96. The number of fused-ring (bicyclic) bond motifs is 1. The topological polar surface area (TPSA) is 23.5 Å². The van der Waals surface area contributed by atoms with Crippen LogP contribution in [0.15, 0.2) is 97.1 Å². The third kappa shape index (κ3) is 5.01. The summed E-state index contributed by atoms with van der Waals surface area (Å²) in [5.41, 5.74) is 7.83. The van der Waals surface area contributed by atoms with E-state index in [0.717, 1.165) is 39.1 Å². The number of aliphatic hydroxyl groups excluding tert-OH is 1. The molecule has 1 unspecified atom stereocenters. The number of hydrogen-bond acceptors (Lipinski definition) is 2. The molecule has 0 aliphatic carbocycles. The van der Waals surface area contributed by atoms with Gasteiger partial charge in [-0.15, -0.1) is 0 Å². The Labute approximate surface area is 216 Å². The van der Waals surface area contributed by atoms with Crippen LogP contribution in [0, 0.1) is 13.8 Å². The summed E-state index contributed by atoms with van der Waals surface area (Å²) in [6.45, 7) is 3.94. The van der Waals surface area contributed by atoms with Gasteiger partial charge in [0.15, 0.2) is 6.10 Å². The van der Waals surface area contributed by atoms with Crippen LogP contribution in [-0.4, -0.2) is 30.5 Å². The highest BCUT2D eigenvalue weighted by molar-refractivity contribution is 5.68. The number of alkyl halides is 3. The van der Waals surface area contributed by atoms with E-state index >= 15 is 0 Å². The van der Waals surface area contributed by atoms with Gasteiger partial charge in [-0.25, -0.2) is 0 Å². The molecule has 0 bridgehead atoms. The molecule has 0 radical (unpaired) electrons. The van der Waals surface area contributed by atoms with E-state index in [-0.39, 0.29) is 0 Å². The van der Waals surface area contributed by atoms with Crippen LogP contribution >= 0.6 is 0 Å². The van der Waals surface area contributed by atoms with Gasteiger partial charge < -0.3 is 10.0 Å². The van der Waals surface area contributed by atoms with Gasteiger partial charge in [-0.05, 0) is 54.2 Å². The van der Waals surface area contributed by atoms with E-state index in [1.807, 2.05) is 55.5 Å². The number of hydrogen-bond donors (Lipinski definition) is 1. The maximum Gasteiger partial charge on any atom is 0.416 e. The van der Waals surface area contributed by atoms with Gasteiger partial charge in [0.2, 0.25) is 0 Å². The van der Waals surface area contributed by atoms with Gasteiger partial charge in [0.05, 0.1) is 6.54 Å². The monoisotopic (exact) mass is 501 g/mol. The van der Waals surface area contributed by atoms with Crippen molar-refractivity contribution in [1.82, 2.24) is 0 Å². The van der Waals surface area contributed by atoms with Gasteiger partial charge in [-0.3, -0.25) is 0 Å². The second-order valence-electron chi connectivity index (χ2n) is 10.2. The molecule has 1 aliphatic rings. The molecule has 5 heteroatoms. The van der Waals surface area contributed by atoms with Crippen molar-refractivity contribution in [2.45, 2.75) is 38.0 Å². The van der Waals surface area contributed by atoms with E-state index < -0.39 is 24.2 Å². The molecule has 1 aliphatic heterocycles. The average Bonchev–Trinajstić information content (AvgIpc) is 3.18. The van der Waals surface area contributed by atoms with Crippen molar-refractivity contribution in [3.8, 4) is 11.1 Å². The van der Waals surface area contributed by atoms with Crippen LogP contribution in [0.25, 0.3) is 11.1 Å². The zero-order valence-corrected chi connectivity index (χ0v) is 21.0. The van der Waals surface area contributed by atoms with Crippen molar-refractivity contribution in [2.24, 2.45) is 0 Å². The number of para-hydroxylation sites is 1. The first kappa shape index (κ1) is 25.1. The lowest BCUT2D eigenvalue weighted by molar-refractivity contribution is -0.200. The Hall–Kier alpha value is -3.57. The molecule has 190 valence electrons. The molecule has 2 nitrogen and oxygen atoms in total. The largest absolute Gasteiger partial charge is 0.416 e. The Balaban J connectivity index is 1.61. The number of benzene rings is 4. The molecule has 1 heterocycles. The Kier molecular flexibility index (Phi) is 6.59. The van der Waals surface area contributed by atoms with E-state index in [9.17, 15) is 18.3 Å². The van der Waals surface area contributed by atoms with Crippen LogP contribution in [0.3, 0.4) is 0 Å². The third-order valence-corrected chi connectivity index (χ3v) is 7.35. The van der Waals surface area contributed by atoms with Gasteiger partial charge in [-0.2, -0.15) is 13.2 Å². The zero-order chi connectivity index (χ0) is 26.2. The summed E-state index contributed by atoms with van der Waals surface area (Å²) in [4.78, 5) is 1.69. The number of nitrogens with zero attached hydrogens (tertiary/aromatic N) is 1. The van der Waals surface area contributed by atoms with Crippen LogP contribution in [0.5, 0.6) is 0 Å². The van der Waals surface area contributed by atoms with E-state index in [4.69, 9.17) is 0 Å². The van der Waals surface area contributed by atoms with Crippen molar-refractivity contribution in [3.63, 3.8) is 0 Å². The average molecular weight is 502 g/mol. The Morgan fingerprint density at radius 2 is 1.46 bits per heavy atom. The molecule has 0 saturated heterocycles. The highest BCUT2D eigenvalue weighted by Crippen LogP contribution is 2.48. The van der Waals surface area contributed by atoms with Crippen LogP contribution in [-0.2, 0) is 11.8 Å². The Morgan fingerprint density at radius 3 is 2.16 bits per heavy atom. The summed E-state index contributed by atoms with van der Waals surface area (Å²) in [5.74, 6) is 0. The summed E-state index contributed by atoms with van der Waals surface area (Å²) in [6.07, 6.45) is -6.48. The van der Waals surface area contributed by atoms with Crippen molar-refractivity contribution in [1.29, 1.82) is 0 Å². The standard InChI is InChI=1S/C32H30F3NO/c1-22-8-5-11-25(16-22)26-12-7-10-24(18-26)19-31(27-13-6-9-23(2)17-27)21-36(20-30(37)32(33,34)35)29-15-4-3-14-28(29)31/h3-18,30,37H,19-21H2,1-2H3/t30-,31?/m1/s1. The van der Waals surface area contributed by atoms with Crippen molar-refractivity contribution in [2.75, 3.05) is 18.0 Å². The fraction of sp³-hybridized carbons (Fsp3) is 0.250. The van der Waals surface area contributed by atoms with Gasteiger partial charge in [0, 0.05) is 17.6 Å². The van der Waals surface area contributed by atoms with Crippen molar-refractivity contribution >= 4 is 5.69 Å². The first-order chi connectivity index (χ1) is 17.7. The molecule has 0 amide bonds. The molecule has 0 saturated carbocycles. The molecular weight excluding hydrogens is 471 g/mol. The molecule has 0 spiro atoms. The lowest BCUT2D eigenvalue weighted by Crippen LogP contribution is -2.44. The number of anilines is 1. The fourth-order valence-corrected chi connectivity index (χ4v) is 5.60. The van der Waals surface area contributed by atoms with E-state index in [1.54, 1.807) is 4.90 Å². The second-order valence-corrected chi connectivity index (χ2v) is 10.2. The second kappa shape index (κ2) is 9.71. The van der Waals surface area contributed by atoms with Gasteiger partial charge in [0.1, 0.15) is 0 Å². The van der Waals surface area contributed by atoms with Crippen LogP contribution in [0.2, 0.25) is 0 Å². The Bertz CT molecular complexity index is 1410. The van der Waals surface area contributed by atoms with E-state index in [0.29, 0.717) is 13.0 Å². The van der Waals surface area contributed by atoms with Crippen LogP contribution in [0.4, 0.5) is 18.9 Å². The zero-order valence-electron chi connectivity index (χ0n) is 21.0. The van der Waals surface area contributed by atoms with Crippen molar-refractivity contribution in [3.05, 3.63) is 125 Å². The van der Waals surface area contributed by atoms with Gasteiger partial charge in [0.25, 0.3) is 0 Å². The normalized spacial score (nSPS) is 18.1. The number of aryl methyl sites for hydroxylation is 2. The lowest BCUT2D eigenvalue weighted by Gasteiger charge is -2.33. The fourth-order valence-electron chi connectivity index (χ4n) is 5.60. The molecular formula is C32H30F3NO. The summed E-state index contributed by atoms with van der Waals surface area (Å²) in [6, 6.07) is 32.7. The molecule has 1 N–H and O–H groups in total. The first-order valence-electron chi connectivity index (χ1n) is 12.5.